The van der Waals surface area contributed by atoms with Crippen LogP contribution in [0.2, 0.25) is 0 Å². The van der Waals surface area contributed by atoms with E-state index in [4.69, 9.17) is 46.8 Å². The molecule has 5 heterocycles. The van der Waals surface area contributed by atoms with Gasteiger partial charge in [0, 0.05) is 34.8 Å². The van der Waals surface area contributed by atoms with Crippen molar-refractivity contribution in [1.82, 2.24) is 20.3 Å². The fourth-order valence-electron chi connectivity index (χ4n) is 7.22. The molecule has 2 N–H and O–H groups in total. The van der Waals surface area contributed by atoms with Crippen LogP contribution in [0.15, 0.2) is 133 Å². The fraction of sp³-hybridized carbons (Fsp3) is 0.250. The topological polar surface area (TPSA) is 244 Å². The minimum absolute atomic E-state index is 0.00249. The summed E-state index contributed by atoms with van der Waals surface area (Å²) in [4.78, 5) is 7.80. The van der Waals surface area contributed by atoms with Gasteiger partial charge in [-0.15, -0.1) is 0 Å². The second-order valence-corrected chi connectivity index (χ2v) is 20.6. The van der Waals surface area contributed by atoms with E-state index in [1.54, 1.807) is 61.2 Å². The van der Waals surface area contributed by atoms with Gasteiger partial charge < -0.3 is 46.8 Å². The molecule has 1 saturated heterocycles. The van der Waals surface area contributed by atoms with Crippen LogP contribution in [0.5, 0.6) is 34.5 Å². The van der Waals surface area contributed by atoms with Gasteiger partial charge in [-0.25, -0.2) is 16.8 Å². The van der Waals surface area contributed by atoms with Crippen molar-refractivity contribution in [2.45, 2.75) is 48.7 Å². The first-order chi connectivity index (χ1) is 34.3. The predicted octanol–water partition coefficient (Wildman–Crippen LogP) is 8.51. The van der Waals surface area contributed by atoms with E-state index in [-0.39, 0.29) is 62.7 Å². The van der Waals surface area contributed by atoms with Crippen molar-refractivity contribution < 1.29 is 63.6 Å². The molecule has 4 aromatic carbocycles. The van der Waals surface area contributed by atoms with E-state index >= 15 is 0 Å². The van der Waals surface area contributed by atoms with Crippen LogP contribution >= 0.6 is 15.9 Å². The van der Waals surface area contributed by atoms with Gasteiger partial charge in [-0.05, 0) is 105 Å². The highest BCUT2D eigenvalue weighted by molar-refractivity contribution is 9.10. The summed E-state index contributed by atoms with van der Waals surface area (Å²) in [6, 6.07) is 23.7. The Hall–Kier alpha value is -7.12. The first-order valence-corrected chi connectivity index (χ1v) is 25.3. The molecule has 0 radical (unpaired) electrons. The number of halogens is 1. The van der Waals surface area contributed by atoms with Crippen LogP contribution in [0, 0.1) is 0 Å². The summed E-state index contributed by atoms with van der Waals surface area (Å²) in [5.74, 6) is 1.31. The van der Waals surface area contributed by atoms with Gasteiger partial charge in [0.1, 0.15) is 45.3 Å². The molecule has 0 unspecified atom stereocenters. The molecule has 20 nitrogen and oxygen atoms in total. The highest BCUT2D eigenvalue weighted by atomic mass is 79.9. The number of anilines is 2. The van der Waals surface area contributed by atoms with Crippen LogP contribution in [0.1, 0.15) is 27.7 Å². The lowest BCUT2D eigenvalue weighted by atomic mass is 9.80. The second-order valence-electron chi connectivity index (χ2n) is 16.4. The van der Waals surface area contributed by atoms with Gasteiger partial charge >= 0.3 is 7.12 Å². The standard InChI is InChI=1S/C21H19N3O6S.C16H15BrN2O6S.C11H16BNO2/c1-27-15-7-4-8-16(28-2)20(15)31(25,26)24-21-19-17(29-3)10-14(11-18(19)30-23-21)13-6-5-9-22-12-13;1-22-10-5-4-6-11(23-2)15(10)26(20,21)19-16-14-12(24-3)7-9(17)8-13(14)25-18-16;1-10(2)11(3,4)15-12(14-10)9-5-7-13-8-6-9/h4-12H,1-3H3,(H,23,24);4-8H,1-3H3,(H,18,19);5-8H,1-4H3. The zero-order valence-corrected chi connectivity index (χ0v) is 43.9. The molecule has 378 valence electrons. The molecule has 0 saturated carbocycles. The average Bonchev–Trinajstić information content (AvgIpc) is 4.04. The molecule has 0 aliphatic carbocycles. The summed E-state index contributed by atoms with van der Waals surface area (Å²) < 4.78 is 112. The molecule has 1 aliphatic heterocycles. The zero-order chi connectivity index (χ0) is 52.0. The molecule has 0 atom stereocenters. The van der Waals surface area contributed by atoms with Crippen molar-refractivity contribution in [3.63, 3.8) is 0 Å². The maximum absolute atomic E-state index is 13.2. The number of nitrogens with one attached hydrogen (secondary N) is 2. The lowest BCUT2D eigenvalue weighted by Gasteiger charge is -2.32. The van der Waals surface area contributed by atoms with Crippen LogP contribution in [0.3, 0.4) is 0 Å². The summed E-state index contributed by atoms with van der Waals surface area (Å²) in [5.41, 5.74) is 2.81. The summed E-state index contributed by atoms with van der Waals surface area (Å²) in [5, 5.41) is 8.52. The number of aromatic nitrogens is 4. The Morgan fingerprint density at radius 1 is 0.528 bits per heavy atom. The van der Waals surface area contributed by atoms with Gasteiger partial charge in [0.25, 0.3) is 20.0 Å². The Morgan fingerprint density at radius 2 is 0.972 bits per heavy atom. The van der Waals surface area contributed by atoms with Gasteiger partial charge in [-0.2, -0.15) is 0 Å². The molecule has 9 rings (SSSR count). The van der Waals surface area contributed by atoms with E-state index in [0.29, 0.717) is 37.9 Å². The Morgan fingerprint density at radius 3 is 1.40 bits per heavy atom. The number of ether oxygens (including phenoxy) is 6. The molecule has 24 heteroatoms. The number of sulfonamides is 2. The SMILES string of the molecule is CC1(C)OB(c2ccncc2)OC1(C)C.COc1cccc(OC)c1S(=O)(=O)Nc1noc2cc(-c3cccnc3)cc(OC)c12.COc1cccc(OC)c1S(=O)(=O)Nc1noc2cc(Br)cc(OC)c12. The van der Waals surface area contributed by atoms with Crippen LogP contribution in [0.25, 0.3) is 33.1 Å². The Kier molecular flexibility index (Phi) is 15.9. The van der Waals surface area contributed by atoms with Crippen LogP contribution < -0.4 is 43.3 Å². The maximum Gasteiger partial charge on any atom is 0.494 e. The van der Waals surface area contributed by atoms with Crippen molar-refractivity contribution in [3.05, 3.63) is 114 Å². The number of hydrogen-bond donors (Lipinski definition) is 2. The highest BCUT2D eigenvalue weighted by Gasteiger charge is 2.51. The van der Waals surface area contributed by atoms with Crippen molar-refractivity contribution in [2.75, 3.05) is 52.1 Å². The first kappa shape index (κ1) is 52.7. The molecule has 0 spiro atoms. The molecule has 8 aromatic rings. The summed E-state index contributed by atoms with van der Waals surface area (Å²) in [6.07, 6.45) is 6.88. The molecule has 0 amide bonds. The first-order valence-electron chi connectivity index (χ1n) is 21.6. The van der Waals surface area contributed by atoms with Crippen molar-refractivity contribution in [1.29, 1.82) is 0 Å². The molecule has 1 aliphatic rings. The lowest BCUT2D eigenvalue weighted by molar-refractivity contribution is 0.00578. The van der Waals surface area contributed by atoms with E-state index in [1.165, 1.54) is 66.9 Å². The highest BCUT2D eigenvalue weighted by Crippen LogP contribution is 2.42. The number of fused-ring (bicyclic) bond motifs is 2. The summed E-state index contributed by atoms with van der Waals surface area (Å²) in [6.45, 7) is 8.20. The summed E-state index contributed by atoms with van der Waals surface area (Å²) in [7, 11) is -0.0455. The van der Waals surface area contributed by atoms with Crippen molar-refractivity contribution >= 4 is 82.1 Å². The van der Waals surface area contributed by atoms with Crippen LogP contribution in [-0.2, 0) is 29.4 Å². The monoisotopic (exact) mass is 1090 g/mol. The second kappa shape index (κ2) is 21.7. The number of methoxy groups -OCH3 is 6. The zero-order valence-electron chi connectivity index (χ0n) is 40.7. The minimum atomic E-state index is -4.14. The number of pyridine rings is 2. The predicted molar refractivity (Wildman–Crippen MR) is 273 cm³/mol. The smallest absolute Gasteiger partial charge is 0.494 e. The van der Waals surface area contributed by atoms with E-state index in [1.807, 2.05) is 52.0 Å². The fourth-order valence-corrected chi connectivity index (χ4v) is 10.3. The molecule has 0 bridgehead atoms. The molecular weight excluding hydrogens is 1040 g/mol. The quantitative estimate of drug-likeness (QED) is 0.0969. The van der Waals surface area contributed by atoms with Crippen molar-refractivity contribution in [2.24, 2.45) is 0 Å². The van der Waals surface area contributed by atoms with Crippen LogP contribution in [0.4, 0.5) is 11.6 Å². The molecular formula is C48H50BBrN6O14S2. The largest absolute Gasteiger partial charge is 0.496 e. The number of hydrogen-bond acceptors (Lipinski definition) is 18. The van der Waals surface area contributed by atoms with Crippen molar-refractivity contribution in [3.8, 4) is 45.6 Å². The van der Waals surface area contributed by atoms with Gasteiger partial charge in [0.05, 0.1) is 53.9 Å². The Balaban J connectivity index is 0.000000168. The molecule has 1 fully saturated rings. The van der Waals surface area contributed by atoms with E-state index in [0.717, 1.165) is 16.6 Å². The third-order valence-corrected chi connectivity index (χ3v) is 14.7. The summed E-state index contributed by atoms with van der Waals surface area (Å²) >= 11 is 3.33. The Bertz CT molecular complexity index is 3360. The lowest BCUT2D eigenvalue weighted by Crippen LogP contribution is -2.41. The normalized spacial score (nSPS) is 13.8. The maximum atomic E-state index is 13.2. The minimum Gasteiger partial charge on any atom is -0.496 e. The van der Waals surface area contributed by atoms with E-state index < -0.39 is 20.0 Å². The number of rotatable bonds is 14. The van der Waals surface area contributed by atoms with Gasteiger partial charge in [-0.1, -0.05) is 44.4 Å². The van der Waals surface area contributed by atoms with Crippen LogP contribution in [-0.4, -0.2) is 98.1 Å². The van der Waals surface area contributed by atoms with Gasteiger partial charge in [-0.3, -0.25) is 19.4 Å². The van der Waals surface area contributed by atoms with Gasteiger partial charge in [0.15, 0.2) is 32.6 Å². The molecule has 4 aromatic heterocycles. The third-order valence-electron chi connectivity index (χ3n) is 11.5. The average molecular weight is 1090 g/mol. The molecule has 72 heavy (non-hydrogen) atoms. The van der Waals surface area contributed by atoms with Gasteiger partial charge in [0.2, 0.25) is 0 Å². The Labute approximate surface area is 424 Å². The number of benzene rings is 4. The van der Waals surface area contributed by atoms with E-state index in [9.17, 15) is 16.8 Å². The van der Waals surface area contributed by atoms with E-state index in [2.05, 4.69) is 45.7 Å². The third kappa shape index (κ3) is 11.0. The number of nitrogens with zero attached hydrogens (tertiary/aromatic N) is 4.